The predicted octanol–water partition coefficient (Wildman–Crippen LogP) is 11.3. The van der Waals surface area contributed by atoms with Crippen molar-refractivity contribution in [3.63, 3.8) is 0 Å². The van der Waals surface area contributed by atoms with Crippen molar-refractivity contribution in [3.8, 4) is 51.0 Å². The molecule has 0 spiro atoms. The number of benzene rings is 5. The molecule has 0 unspecified atom stereocenters. The fourth-order valence-electron chi connectivity index (χ4n) is 7.49. The van der Waals surface area contributed by atoms with E-state index in [2.05, 4.69) is 65.3 Å². The van der Waals surface area contributed by atoms with Gasteiger partial charge in [-0.25, -0.2) is 15.0 Å². The van der Waals surface area contributed by atoms with Gasteiger partial charge < -0.3 is 4.57 Å². The van der Waals surface area contributed by atoms with Crippen LogP contribution in [0.2, 0.25) is 0 Å². The van der Waals surface area contributed by atoms with Crippen LogP contribution in [-0.4, -0.2) is 24.4 Å². The normalized spacial score (nSPS) is 12.3. The highest BCUT2D eigenvalue weighted by Gasteiger charge is 2.26. The highest BCUT2D eigenvalue weighted by Crippen LogP contribution is 2.46. The Morgan fingerprint density at radius 3 is 2.13 bits per heavy atom. The first-order valence-corrected chi connectivity index (χ1v) is 18.2. The summed E-state index contributed by atoms with van der Waals surface area (Å²) >= 11 is 1.78. The fraction of sp³-hybridized carbons (Fsp3) is 0.0444. The van der Waals surface area contributed by atoms with Crippen LogP contribution in [0.3, 0.4) is 0 Å². The van der Waals surface area contributed by atoms with E-state index in [0.717, 1.165) is 40.6 Å². The van der Waals surface area contributed by atoms with E-state index >= 15 is 0 Å². The third kappa shape index (κ3) is 5.09. The second-order valence-electron chi connectivity index (χ2n) is 13.0. The molecule has 53 heavy (non-hydrogen) atoms. The number of nitrogens with zero attached hydrogens (tertiary/aromatic N) is 5. The molecule has 0 radical (unpaired) electrons. The summed E-state index contributed by atoms with van der Waals surface area (Å²) in [5, 5.41) is 16.2. The minimum absolute atomic E-state index is 0.0509. The van der Waals surface area contributed by atoms with Crippen LogP contribution in [0.1, 0.15) is 17.7 Å². The second kappa shape index (κ2) is 12.4. The lowest BCUT2D eigenvalue weighted by atomic mass is 9.99. The molecule has 8 heteroatoms. The third-order valence-corrected chi connectivity index (χ3v) is 11.1. The molecule has 0 saturated carbocycles. The fourth-order valence-corrected chi connectivity index (χ4v) is 8.73. The lowest BCUT2D eigenvalue weighted by Crippen LogP contribution is -2.06. The molecular weight excluding hydrogens is 675 g/mol. The zero-order chi connectivity index (χ0) is 35.5. The number of hydrogen-bond donors (Lipinski definition) is 0. The van der Waals surface area contributed by atoms with Crippen molar-refractivity contribution in [2.45, 2.75) is 12.8 Å². The van der Waals surface area contributed by atoms with Gasteiger partial charge in [0.15, 0.2) is 17.5 Å². The van der Waals surface area contributed by atoms with E-state index in [1.165, 1.54) is 43.6 Å². The Labute approximate surface area is 308 Å². The van der Waals surface area contributed by atoms with Crippen molar-refractivity contribution in [1.29, 1.82) is 0 Å². The molecule has 0 bridgehead atoms. The van der Waals surface area contributed by atoms with Crippen molar-refractivity contribution in [3.05, 3.63) is 167 Å². The topological polar surface area (TPSA) is 86.7 Å². The molecule has 0 N–H and O–H groups in total. The average molecular weight is 702 g/mol. The van der Waals surface area contributed by atoms with Crippen LogP contribution in [0.4, 0.5) is 5.69 Å². The number of aromatic nitrogens is 4. The van der Waals surface area contributed by atoms with E-state index in [-0.39, 0.29) is 10.6 Å². The first-order chi connectivity index (χ1) is 26.1. The summed E-state index contributed by atoms with van der Waals surface area (Å²) in [6, 6.07) is 47.8. The lowest BCUT2D eigenvalue weighted by Gasteiger charge is -2.18. The maximum Gasteiger partial charge on any atom is 0.286 e. The van der Waals surface area contributed by atoms with Crippen LogP contribution in [0, 0.1) is 22.2 Å². The van der Waals surface area contributed by atoms with Crippen molar-refractivity contribution >= 4 is 54.2 Å². The van der Waals surface area contributed by atoms with Crippen LogP contribution >= 0.6 is 11.3 Å². The average Bonchev–Trinajstić information content (AvgIpc) is 3.77. The summed E-state index contributed by atoms with van der Waals surface area (Å²) in [4.78, 5) is 27.1. The zero-order valence-electron chi connectivity index (χ0n) is 28.2. The van der Waals surface area contributed by atoms with Gasteiger partial charge in [-0.2, -0.15) is 0 Å². The minimum atomic E-state index is -0.351. The van der Waals surface area contributed by atoms with E-state index in [1.807, 2.05) is 78.9 Å². The van der Waals surface area contributed by atoms with Gasteiger partial charge in [0.05, 0.1) is 20.8 Å². The van der Waals surface area contributed by atoms with Gasteiger partial charge in [0, 0.05) is 60.4 Å². The van der Waals surface area contributed by atoms with Gasteiger partial charge in [-0.3, -0.25) is 10.1 Å². The number of nitro groups is 1. The summed E-state index contributed by atoms with van der Waals surface area (Å²) in [5.74, 6) is 1.53. The molecule has 0 atom stereocenters. The second-order valence-corrected chi connectivity index (χ2v) is 14.0. The summed E-state index contributed by atoms with van der Waals surface area (Å²) in [6.45, 7) is 0. The SMILES string of the molecule is O=[N+]([O-])c1ccc#cc1-c1cc(-c2nc(-c3ccccc3)nc(-c3ccccc3)n2)ccc1-n1c2c(c3ccc4c5ccccc5sc4c31)C=CCC2. The number of rotatable bonds is 6. The Balaban J connectivity index is 1.28. The lowest BCUT2D eigenvalue weighted by molar-refractivity contribution is -0.384. The molecule has 0 aliphatic heterocycles. The Bertz CT molecular complexity index is 2870. The molecule has 9 aromatic rings. The van der Waals surface area contributed by atoms with Gasteiger partial charge in [0.25, 0.3) is 5.69 Å². The van der Waals surface area contributed by atoms with Crippen molar-refractivity contribution < 1.29 is 4.92 Å². The Hall–Kier alpha value is -6.95. The van der Waals surface area contributed by atoms with Crippen LogP contribution in [0.15, 0.2) is 133 Å². The van der Waals surface area contributed by atoms with Gasteiger partial charge in [0.1, 0.15) is 5.56 Å². The first-order valence-electron chi connectivity index (χ1n) is 17.4. The predicted molar refractivity (Wildman–Crippen MR) is 213 cm³/mol. The van der Waals surface area contributed by atoms with Gasteiger partial charge in [0.2, 0.25) is 0 Å². The molecule has 0 saturated heterocycles. The Morgan fingerprint density at radius 2 is 1.40 bits per heavy atom. The van der Waals surface area contributed by atoms with Crippen LogP contribution in [0.25, 0.3) is 88.1 Å². The van der Waals surface area contributed by atoms with Crippen molar-refractivity contribution in [2.24, 2.45) is 0 Å². The number of allylic oxidation sites excluding steroid dienone is 1. The molecule has 7 nitrogen and oxygen atoms in total. The van der Waals surface area contributed by atoms with E-state index in [0.29, 0.717) is 34.2 Å². The van der Waals surface area contributed by atoms with Gasteiger partial charge >= 0.3 is 0 Å². The summed E-state index contributed by atoms with van der Waals surface area (Å²) in [6.07, 6.45) is 6.17. The highest BCUT2D eigenvalue weighted by atomic mass is 32.1. The molecule has 0 fully saturated rings. The maximum absolute atomic E-state index is 12.6. The van der Waals surface area contributed by atoms with Gasteiger partial charge in [-0.15, -0.1) is 11.3 Å². The molecule has 10 rings (SSSR count). The quantitative estimate of drug-likeness (QED) is 0.127. The summed E-state index contributed by atoms with van der Waals surface area (Å²) in [5.41, 5.74) is 7.61. The molecule has 6 aromatic carbocycles. The van der Waals surface area contributed by atoms with Crippen LogP contribution in [0.5, 0.6) is 0 Å². The van der Waals surface area contributed by atoms with Gasteiger partial charge in [-0.1, -0.05) is 115 Å². The first kappa shape index (κ1) is 30.8. The monoisotopic (exact) mass is 701 g/mol. The maximum atomic E-state index is 12.6. The Morgan fingerprint density at radius 1 is 0.717 bits per heavy atom. The van der Waals surface area contributed by atoms with Crippen molar-refractivity contribution in [2.75, 3.05) is 0 Å². The summed E-state index contributed by atoms with van der Waals surface area (Å²) < 4.78 is 4.72. The molecule has 1 aliphatic carbocycles. The van der Waals surface area contributed by atoms with E-state index in [9.17, 15) is 10.1 Å². The molecule has 0 amide bonds. The standard InChI is InChI=1S/C45H27N5O2S/c51-50(52)39-21-11-8-18-32(39)36-27-30(45-47-43(28-13-3-1-4-14-28)46-44(48-45)29-15-5-2-6-16-29)23-26-38(36)49-37-20-10-7-17-31(37)34-24-25-35-33-19-9-12-22-40(33)53-42(35)41(34)49/h1-7,9,11-17,19,21-27H,10,20H2. The Kier molecular flexibility index (Phi) is 7.20. The van der Waals surface area contributed by atoms with E-state index in [4.69, 9.17) is 15.0 Å². The molecule has 3 aromatic heterocycles. The largest absolute Gasteiger partial charge is 0.311 e. The summed E-state index contributed by atoms with van der Waals surface area (Å²) in [7, 11) is 0. The van der Waals surface area contributed by atoms with E-state index < -0.39 is 0 Å². The number of fused-ring (bicyclic) bond motifs is 7. The number of thiophene rings is 1. The highest BCUT2D eigenvalue weighted by molar-refractivity contribution is 7.26. The van der Waals surface area contributed by atoms with Crippen LogP contribution in [-0.2, 0) is 6.42 Å². The molecule has 250 valence electrons. The minimum Gasteiger partial charge on any atom is -0.311 e. The van der Waals surface area contributed by atoms with Gasteiger partial charge in [-0.05, 0) is 43.2 Å². The van der Waals surface area contributed by atoms with Crippen LogP contribution < -0.4 is 0 Å². The number of hydrogen-bond acceptors (Lipinski definition) is 6. The molecule has 3 heterocycles. The molecular formula is C45H27N5O2S. The van der Waals surface area contributed by atoms with E-state index in [1.54, 1.807) is 11.3 Å². The third-order valence-electron chi connectivity index (χ3n) is 9.89. The smallest absolute Gasteiger partial charge is 0.286 e. The van der Waals surface area contributed by atoms with Crippen molar-refractivity contribution in [1.82, 2.24) is 19.5 Å². The molecule has 1 aliphatic rings. The zero-order valence-corrected chi connectivity index (χ0v) is 29.0.